The largest absolute Gasteiger partial charge is 0.397 e. The molecule has 5 heteroatoms. The molecule has 98 valence electrons. The zero-order chi connectivity index (χ0) is 13.8. The number of nitrogen functional groups attached to an aromatic ring is 1. The van der Waals surface area contributed by atoms with Gasteiger partial charge in [-0.15, -0.1) is 0 Å². The molecule has 0 fully saturated rings. The molecule has 0 aliphatic heterocycles. The van der Waals surface area contributed by atoms with Gasteiger partial charge in [-0.05, 0) is 29.8 Å². The first-order chi connectivity index (χ1) is 9.06. The lowest BCUT2D eigenvalue weighted by atomic mass is 10.2. The standard InChI is InChI=1S/C14H14ClN3O/c1-18(9-10-2-4-11(15)5-3-10)14(19)13-7-6-12(16)8-17-13/h2-8H,9,16H2,1H3. The van der Waals surface area contributed by atoms with Gasteiger partial charge in [0.15, 0.2) is 0 Å². The molecular formula is C14H14ClN3O. The fraction of sp³-hybridized carbons (Fsp3) is 0.143. The Morgan fingerprint density at radius 1 is 1.26 bits per heavy atom. The predicted molar refractivity (Wildman–Crippen MR) is 75.9 cm³/mol. The minimum absolute atomic E-state index is 0.144. The molecule has 2 aromatic rings. The number of benzene rings is 1. The molecule has 1 amide bonds. The first-order valence-electron chi connectivity index (χ1n) is 5.77. The lowest BCUT2D eigenvalue weighted by Crippen LogP contribution is -2.26. The maximum absolute atomic E-state index is 12.1. The molecular weight excluding hydrogens is 262 g/mol. The van der Waals surface area contributed by atoms with Gasteiger partial charge in [0.2, 0.25) is 0 Å². The van der Waals surface area contributed by atoms with Crippen LogP contribution >= 0.6 is 11.6 Å². The Hall–Kier alpha value is -2.07. The zero-order valence-electron chi connectivity index (χ0n) is 10.5. The third kappa shape index (κ3) is 3.45. The molecule has 4 nitrogen and oxygen atoms in total. The number of pyridine rings is 1. The van der Waals surface area contributed by atoms with Gasteiger partial charge in [-0.2, -0.15) is 0 Å². The van der Waals surface area contributed by atoms with Crippen LogP contribution in [-0.4, -0.2) is 22.8 Å². The number of nitrogens with zero attached hydrogens (tertiary/aromatic N) is 2. The number of aromatic nitrogens is 1. The van der Waals surface area contributed by atoms with Crippen LogP contribution < -0.4 is 5.73 Å². The number of nitrogens with two attached hydrogens (primary N) is 1. The van der Waals surface area contributed by atoms with Gasteiger partial charge in [0, 0.05) is 18.6 Å². The van der Waals surface area contributed by atoms with E-state index in [4.69, 9.17) is 17.3 Å². The van der Waals surface area contributed by atoms with Crippen molar-refractivity contribution >= 4 is 23.2 Å². The van der Waals surface area contributed by atoms with Crippen molar-refractivity contribution in [2.45, 2.75) is 6.54 Å². The summed E-state index contributed by atoms with van der Waals surface area (Å²) in [7, 11) is 1.73. The topological polar surface area (TPSA) is 59.2 Å². The van der Waals surface area contributed by atoms with E-state index in [0.717, 1.165) is 5.56 Å². The Balaban J connectivity index is 2.07. The van der Waals surface area contributed by atoms with Crippen molar-refractivity contribution in [2.24, 2.45) is 0 Å². The second kappa shape index (κ2) is 5.71. The summed E-state index contributed by atoms with van der Waals surface area (Å²) in [6, 6.07) is 10.7. The molecule has 0 saturated carbocycles. The average Bonchev–Trinajstić information content (AvgIpc) is 2.41. The number of amides is 1. The molecule has 0 unspecified atom stereocenters. The van der Waals surface area contributed by atoms with Gasteiger partial charge >= 0.3 is 0 Å². The van der Waals surface area contributed by atoms with E-state index in [9.17, 15) is 4.79 Å². The highest BCUT2D eigenvalue weighted by molar-refractivity contribution is 6.30. The normalized spacial score (nSPS) is 10.2. The van der Waals surface area contributed by atoms with E-state index in [1.165, 1.54) is 6.20 Å². The second-order valence-corrected chi connectivity index (χ2v) is 4.70. The number of halogens is 1. The molecule has 0 aliphatic carbocycles. The first kappa shape index (κ1) is 13.4. The summed E-state index contributed by atoms with van der Waals surface area (Å²) >= 11 is 5.82. The molecule has 0 atom stereocenters. The van der Waals surface area contributed by atoms with Crippen molar-refractivity contribution in [1.29, 1.82) is 0 Å². The van der Waals surface area contributed by atoms with E-state index >= 15 is 0 Å². The molecule has 0 aliphatic rings. The highest BCUT2D eigenvalue weighted by Gasteiger charge is 2.13. The van der Waals surface area contributed by atoms with Crippen molar-refractivity contribution in [3.05, 3.63) is 58.9 Å². The Bertz CT molecular complexity index is 566. The number of anilines is 1. The van der Waals surface area contributed by atoms with Crippen LogP contribution in [0.1, 0.15) is 16.1 Å². The molecule has 1 aromatic heterocycles. The molecule has 0 radical (unpaired) electrons. The highest BCUT2D eigenvalue weighted by Crippen LogP contribution is 2.12. The van der Waals surface area contributed by atoms with Crippen LogP contribution in [-0.2, 0) is 6.54 Å². The smallest absolute Gasteiger partial charge is 0.272 e. The van der Waals surface area contributed by atoms with Crippen LogP contribution in [0.4, 0.5) is 5.69 Å². The van der Waals surface area contributed by atoms with Crippen LogP contribution in [0.25, 0.3) is 0 Å². The molecule has 0 bridgehead atoms. The van der Waals surface area contributed by atoms with Crippen LogP contribution in [0.5, 0.6) is 0 Å². The van der Waals surface area contributed by atoms with Gasteiger partial charge in [-0.3, -0.25) is 4.79 Å². The van der Waals surface area contributed by atoms with Crippen molar-refractivity contribution in [2.75, 3.05) is 12.8 Å². The van der Waals surface area contributed by atoms with Crippen LogP contribution in [0.15, 0.2) is 42.6 Å². The van der Waals surface area contributed by atoms with Gasteiger partial charge in [-0.25, -0.2) is 4.98 Å². The van der Waals surface area contributed by atoms with E-state index < -0.39 is 0 Å². The number of carbonyl (C=O) groups is 1. The quantitative estimate of drug-likeness (QED) is 0.937. The first-order valence-corrected chi connectivity index (χ1v) is 6.15. The van der Waals surface area contributed by atoms with Gasteiger partial charge in [0.05, 0.1) is 11.9 Å². The van der Waals surface area contributed by atoms with E-state index in [0.29, 0.717) is 22.9 Å². The fourth-order valence-electron chi connectivity index (χ4n) is 1.66. The van der Waals surface area contributed by atoms with Gasteiger partial charge < -0.3 is 10.6 Å². The van der Waals surface area contributed by atoms with Gasteiger partial charge in [0.1, 0.15) is 5.69 Å². The summed E-state index contributed by atoms with van der Waals surface area (Å²) in [6.45, 7) is 0.502. The highest BCUT2D eigenvalue weighted by atomic mass is 35.5. The fourth-order valence-corrected chi connectivity index (χ4v) is 1.79. The van der Waals surface area contributed by atoms with E-state index in [2.05, 4.69) is 4.98 Å². The molecule has 2 rings (SSSR count). The van der Waals surface area contributed by atoms with Crippen LogP contribution in [0.3, 0.4) is 0 Å². The zero-order valence-corrected chi connectivity index (χ0v) is 11.3. The summed E-state index contributed by atoms with van der Waals surface area (Å²) < 4.78 is 0. The SMILES string of the molecule is CN(Cc1ccc(Cl)cc1)C(=O)c1ccc(N)cn1. The van der Waals surface area contributed by atoms with Crippen molar-refractivity contribution < 1.29 is 4.79 Å². The minimum atomic E-state index is -0.144. The monoisotopic (exact) mass is 275 g/mol. The molecule has 0 saturated heterocycles. The van der Waals surface area contributed by atoms with Crippen LogP contribution in [0, 0.1) is 0 Å². The van der Waals surface area contributed by atoms with Gasteiger partial charge in [-0.1, -0.05) is 23.7 Å². The third-order valence-electron chi connectivity index (χ3n) is 2.69. The Morgan fingerprint density at radius 2 is 1.95 bits per heavy atom. The number of hydrogen-bond donors (Lipinski definition) is 1. The lowest BCUT2D eigenvalue weighted by Gasteiger charge is -2.16. The number of carbonyl (C=O) groups excluding carboxylic acids is 1. The van der Waals surface area contributed by atoms with Crippen molar-refractivity contribution in [3.63, 3.8) is 0 Å². The third-order valence-corrected chi connectivity index (χ3v) is 2.94. The number of hydrogen-bond acceptors (Lipinski definition) is 3. The van der Waals surface area contributed by atoms with E-state index in [1.54, 1.807) is 36.2 Å². The maximum Gasteiger partial charge on any atom is 0.272 e. The second-order valence-electron chi connectivity index (χ2n) is 4.26. The average molecular weight is 276 g/mol. The van der Waals surface area contributed by atoms with E-state index in [-0.39, 0.29) is 5.91 Å². The predicted octanol–water partition coefficient (Wildman–Crippen LogP) is 2.59. The Labute approximate surface area is 116 Å². The number of rotatable bonds is 3. The molecule has 1 aromatic carbocycles. The summed E-state index contributed by atoms with van der Waals surface area (Å²) in [4.78, 5) is 17.7. The van der Waals surface area contributed by atoms with Crippen molar-refractivity contribution in [1.82, 2.24) is 9.88 Å². The molecule has 2 N–H and O–H groups in total. The van der Waals surface area contributed by atoms with Gasteiger partial charge in [0.25, 0.3) is 5.91 Å². The van der Waals surface area contributed by atoms with Crippen molar-refractivity contribution in [3.8, 4) is 0 Å². The Morgan fingerprint density at radius 3 is 2.53 bits per heavy atom. The molecule has 19 heavy (non-hydrogen) atoms. The minimum Gasteiger partial charge on any atom is -0.397 e. The maximum atomic E-state index is 12.1. The summed E-state index contributed by atoms with van der Waals surface area (Å²) in [5.74, 6) is -0.144. The Kier molecular flexibility index (Phi) is 4.02. The summed E-state index contributed by atoms with van der Waals surface area (Å²) in [5.41, 5.74) is 7.47. The van der Waals surface area contributed by atoms with E-state index in [1.807, 2.05) is 12.1 Å². The lowest BCUT2D eigenvalue weighted by molar-refractivity contribution is 0.0779. The molecule has 0 spiro atoms. The van der Waals surface area contributed by atoms with Crippen LogP contribution in [0.2, 0.25) is 5.02 Å². The molecule has 1 heterocycles. The summed E-state index contributed by atoms with van der Waals surface area (Å²) in [5, 5.41) is 0.679. The summed E-state index contributed by atoms with van der Waals surface area (Å²) in [6.07, 6.45) is 1.48.